The third kappa shape index (κ3) is 5.16. The monoisotopic (exact) mass is 365 g/mol. The zero-order valence-electron chi connectivity index (χ0n) is 16.6. The molecule has 1 fully saturated rings. The maximum Gasteiger partial charge on any atom is 0.161 e. The molecule has 2 N–H and O–H groups in total. The average Bonchev–Trinajstić information content (AvgIpc) is 3.43. The number of benzene rings is 1. The molecule has 0 spiro atoms. The Morgan fingerprint density at radius 3 is 2.37 bits per heavy atom. The highest BCUT2D eigenvalue weighted by molar-refractivity contribution is 5.97. The van der Waals surface area contributed by atoms with Gasteiger partial charge in [-0.05, 0) is 92.5 Å². The van der Waals surface area contributed by atoms with Crippen LogP contribution in [0.5, 0.6) is 0 Å². The maximum absolute atomic E-state index is 13.7. The van der Waals surface area contributed by atoms with Crippen molar-refractivity contribution in [2.24, 2.45) is 11.7 Å². The lowest BCUT2D eigenvalue weighted by Crippen LogP contribution is -2.08. The number of halogens is 1. The first-order valence-electron chi connectivity index (χ1n) is 9.24. The van der Waals surface area contributed by atoms with Gasteiger partial charge in [0.05, 0.1) is 0 Å². The van der Waals surface area contributed by atoms with Crippen LogP contribution in [0.4, 0.5) is 4.39 Å². The first-order chi connectivity index (χ1) is 12.8. The molecular weight excluding hydrogens is 337 g/mol. The first-order valence-corrected chi connectivity index (χ1v) is 9.24. The van der Waals surface area contributed by atoms with Crippen molar-refractivity contribution in [1.82, 2.24) is 0 Å². The SMILES string of the molecule is C=C(N)/C(=C/C(=C(C)/C(C)=C(\C=C/C)c1cccc(F)c1)C1CC1)C(C)=O. The van der Waals surface area contributed by atoms with Gasteiger partial charge in [-0.1, -0.05) is 30.9 Å². The molecule has 1 aliphatic rings. The highest BCUT2D eigenvalue weighted by Gasteiger charge is 2.27. The molecule has 1 aromatic carbocycles. The molecule has 0 unspecified atom stereocenters. The summed E-state index contributed by atoms with van der Waals surface area (Å²) in [5, 5.41) is 0. The van der Waals surface area contributed by atoms with Crippen molar-refractivity contribution in [3.05, 3.63) is 88.4 Å². The Kier molecular flexibility index (Phi) is 6.73. The minimum absolute atomic E-state index is 0.0890. The summed E-state index contributed by atoms with van der Waals surface area (Å²) in [6.45, 7) is 11.3. The highest BCUT2D eigenvalue weighted by Crippen LogP contribution is 2.41. The lowest BCUT2D eigenvalue weighted by atomic mass is 9.90. The minimum atomic E-state index is -0.260. The fourth-order valence-corrected chi connectivity index (χ4v) is 3.18. The van der Waals surface area contributed by atoms with Gasteiger partial charge in [-0.3, -0.25) is 4.79 Å². The summed E-state index contributed by atoms with van der Waals surface area (Å²) in [6, 6.07) is 6.61. The van der Waals surface area contributed by atoms with E-state index in [9.17, 15) is 9.18 Å². The molecule has 1 aromatic rings. The van der Waals surface area contributed by atoms with E-state index in [-0.39, 0.29) is 17.3 Å². The van der Waals surface area contributed by atoms with E-state index in [0.717, 1.165) is 40.7 Å². The number of nitrogens with two attached hydrogens (primary N) is 1. The van der Waals surface area contributed by atoms with Gasteiger partial charge in [0, 0.05) is 11.3 Å². The molecule has 0 atom stereocenters. The third-order valence-corrected chi connectivity index (χ3v) is 4.91. The minimum Gasteiger partial charge on any atom is -0.399 e. The van der Waals surface area contributed by atoms with Crippen molar-refractivity contribution in [2.75, 3.05) is 0 Å². The number of ketones is 1. The lowest BCUT2D eigenvalue weighted by Gasteiger charge is -2.15. The Morgan fingerprint density at radius 1 is 1.22 bits per heavy atom. The van der Waals surface area contributed by atoms with Crippen LogP contribution in [0.15, 0.2) is 77.1 Å². The van der Waals surface area contributed by atoms with Crippen molar-refractivity contribution in [3.8, 4) is 0 Å². The van der Waals surface area contributed by atoms with Crippen molar-refractivity contribution in [3.63, 3.8) is 0 Å². The standard InChI is InChI=1S/C24H28FNO/c1-6-8-22(20-9-7-10-21(25)13-20)15(2)16(3)23(19-11-12-19)14-24(17(4)26)18(5)27/h6-10,13-14,19H,4,11-12,26H2,1-3,5H3/b8-6-,22-15+,23-16-,24-14-. The van der Waals surface area contributed by atoms with Crippen LogP contribution in [-0.2, 0) is 4.79 Å². The zero-order valence-corrected chi connectivity index (χ0v) is 16.6. The quantitative estimate of drug-likeness (QED) is 0.483. The number of allylic oxidation sites excluding steroid dienone is 8. The predicted octanol–water partition coefficient (Wildman–Crippen LogP) is 5.89. The normalized spacial score (nSPS) is 16.9. The Labute approximate surface area is 161 Å². The largest absolute Gasteiger partial charge is 0.399 e. The second-order valence-corrected chi connectivity index (χ2v) is 7.04. The van der Waals surface area contributed by atoms with E-state index in [2.05, 4.69) is 13.5 Å². The van der Waals surface area contributed by atoms with Gasteiger partial charge >= 0.3 is 0 Å². The molecule has 0 bridgehead atoms. The molecule has 2 nitrogen and oxygen atoms in total. The second-order valence-electron chi connectivity index (χ2n) is 7.04. The highest BCUT2D eigenvalue weighted by atomic mass is 19.1. The van der Waals surface area contributed by atoms with Gasteiger partial charge in [0.2, 0.25) is 0 Å². The molecule has 0 amide bonds. The van der Waals surface area contributed by atoms with Gasteiger partial charge in [-0.25, -0.2) is 4.39 Å². The molecule has 3 heteroatoms. The van der Waals surface area contributed by atoms with Crippen molar-refractivity contribution in [1.29, 1.82) is 0 Å². The summed E-state index contributed by atoms with van der Waals surface area (Å²) < 4.78 is 13.7. The van der Waals surface area contributed by atoms with Crippen LogP contribution in [-0.4, -0.2) is 5.78 Å². The van der Waals surface area contributed by atoms with Crippen molar-refractivity contribution >= 4 is 11.4 Å². The van der Waals surface area contributed by atoms with Gasteiger partial charge in [0.25, 0.3) is 0 Å². The smallest absolute Gasteiger partial charge is 0.161 e. The molecule has 1 saturated carbocycles. The molecule has 0 saturated heterocycles. The number of hydrogen-bond donors (Lipinski definition) is 1. The van der Waals surface area contributed by atoms with E-state index < -0.39 is 0 Å². The number of Topliss-reactive ketones (excluding diaryl/α,β-unsaturated/α-hetero) is 1. The van der Waals surface area contributed by atoms with Crippen LogP contribution in [0.3, 0.4) is 0 Å². The maximum atomic E-state index is 13.7. The molecular formula is C24H28FNO. The molecule has 0 heterocycles. The summed E-state index contributed by atoms with van der Waals surface area (Å²) >= 11 is 0. The van der Waals surface area contributed by atoms with Gasteiger partial charge in [-0.15, -0.1) is 0 Å². The van der Waals surface area contributed by atoms with Crippen LogP contribution in [0.1, 0.15) is 46.1 Å². The van der Waals surface area contributed by atoms with E-state index in [4.69, 9.17) is 5.73 Å². The molecule has 0 radical (unpaired) electrons. The van der Waals surface area contributed by atoms with Crippen LogP contribution >= 0.6 is 0 Å². The van der Waals surface area contributed by atoms with E-state index in [1.165, 1.54) is 13.0 Å². The summed E-state index contributed by atoms with van der Waals surface area (Å²) in [5.74, 6) is 0.0754. The van der Waals surface area contributed by atoms with Crippen LogP contribution < -0.4 is 5.73 Å². The summed E-state index contributed by atoms with van der Waals surface area (Å²) in [5.41, 5.74) is 11.6. The zero-order chi connectivity index (χ0) is 20.1. The number of hydrogen-bond acceptors (Lipinski definition) is 2. The van der Waals surface area contributed by atoms with Crippen molar-refractivity contribution < 1.29 is 9.18 Å². The molecule has 0 aliphatic heterocycles. The topological polar surface area (TPSA) is 43.1 Å². The Hall–Kier alpha value is -2.68. The van der Waals surface area contributed by atoms with E-state index in [1.54, 1.807) is 12.1 Å². The van der Waals surface area contributed by atoms with Crippen LogP contribution in [0, 0.1) is 11.7 Å². The van der Waals surface area contributed by atoms with Gasteiger partial charge in [0.1, 0.15) is 5.82 Å². The van der Waals surface area contributed by atoms with Crippen LogP contribution in [0.2, 0.25) is 0 Å². The number of carbonyl (C=O) groups is 1. The molecule has 2 rings (SSSR count). The second kappa shape index (κ2) is 8.81. The van der Waals surface area contributed by atoms with Crippen molar-refractivity contribution in [2.45, 2.75) is 40.5 Å². The molecule has 0 aromatic heterocycles. The fraction of sp³-hybridized carbons (Fsp3) is 0.292. The molecule has 142 valence electrons. The third-order valence-electron chi connectivity index (χ3n) is 4.91. The molecule has 1 aliphatic carbocycles. The predicted molar refractivity (Wildman–Crippen MR) is 111 cm³/mol. The molecule has 27 heavy (non-hydrogen) atoms. The fourth-order valence-electron chi connectivity index (χ4n) is 3.18. The Balaban J connectivity index is 2.67. The summed E-state index contributed by atoms with van der Waals surface area (Å²) in [6.07, 6.45) is 8.02. The Bertz CT molecular complexity index is 863. The number of carbonyl (C=O) groups excluding carboxylic acids is 1. The van der Waals surface area contributed by atoms with E-state index in [0.29, 0.717) is 11.5 Å². The van der Waals surface area contributed by atoms with Gasteiger partial charge < -0.3 is 5.73 Å². The van der Waals surface area contributed by atoms with Crippen LogP contribution in [0.25, 0.3) is 5.57 Å². The van der Waals surface area contributed by atoms with Gasteiger partial charge in [0.15, 0.2) is 5.78 Å². The first kappa shape index (κ1) is 20.6. The summed E-state index contributed by atoms with van der Waals surface area (Å²) in [7, 11) is 0. The number of rotatable bonds is 7. The Morgan fingerprint density at radius 2 is 1.89 bits per heavy atom. The van der Waals surface area contributed by atoms with E-state index in [1.807, 2.05) is 38.1 Å². The lowest BCUT2D eigenvalue weighted by molar-refractivity contribution is -0.113. The summed E-state index contributed by atoms with van der Waals surface area (Å²) in [4.78, 5) is 12.0. The van der Waals surface area contributed by atoms with E-state index >= 15 is 0 Å². The van der Waals surface area contributed by atoms with Gasteiger partial charge in [-0.2, -0.15) is 0 Å². The average molecular weight is 365 g/mol.